The highest BCUT2D eigenvalue weighted by Gasteiger charge is 2.09. The highest BCUT2D eigenvalue weighted by Crippen LogP contribution is 2.22. The Morgan fingerprint density at radius 2 is 1.70 bits per heavy atom. The highest BCUT2D eigenvalue weighted by molar-refractivity contribution is 6.30. The van der Waals surface area contributed by atoms with Gasteiger partial charge >= 0.3 is 0 Å². The molecule has 1 atom stereocenters. The van der Waals surface area contributed by atoms with E-state index in [9.17, 15) is 0 Å². The summed E-state index contributed by atoms with van der Waals surface area (Å²) < 4.78 is 5.69. The van der Waals surface area contributed by atoms with Crippen molar-refractivity contribution in [2.45, 2.75) is 18.8 Å². The summed E-state index contributed by atoms with van der Waals surface area (Å²) in [6.45, 7) is 1.36. The molecule has 0 fully saturated rings. The molecule has 0 aliphatic carbocycles. The van der Waals surface area contributed by atoms with E-state index in [0.717, 1.165) is 23.6 Å². The summed E-state index contributed by atoms with van der Waals surface area (Å²) in [4.78, 5) is 0. The molecule has 0 spiro atoms. The summed E-state index contributed by atoms with van der Waals surface area (Å²) in [5, 5.41) is 0.761. The smallest absolute Gasteiger partial charge is 0.119 e. The van der Waals surface area contributed by atoms with Gasteiger partial charge in [-0.1, -0.05) is 41.9 Å². The van der Waals surface area contributed by atoms with Gasteiger partial charge in [-0.05, 0) is 55.1 Å². The van der Waals surface area contributed by atoms with Crippen LogP contribution in [0.25, 0.3) is 0 Å². The molecular formula is C17H20ClNO. The molecule has 2 rings (SSSR count). The molecule has 0 saturated carbocycles. The second kappa shape index (κ2) is 7.93. The van der Waals surface area contributed by atoms with Crippen molar-refractivity contribution < 1.29 is 4.74 Å². The number of hydrogen-bond acceptors (Lipinski definition) is 2. The van der Waals surface area contributed by atoms with Crippen LogP contribution in [0.1, 0.15) is 24.3 Å². The topological polar surface area (TPSA) is 35.2 Å². The van der Waals surface area contributed by atoms with Crippen LogP contribution in [0.15, 0.2) is 54.6 Å². The molecule has 0 amide bonds. The molecule has 0 heterocycles. The highest BCUT2D eigenvalue weighted by atomic mass is 35.5. The fourth-order valence-electron chi connectivity index (χ4n) is 2.19. The average molecular weight is 290 g/mol. The van der Waals surface area contributed by atoms with E-state index in [1.807, 2.05) is 42.5 Å². The molecule has 3 heteroatoms. The van der Waals surface area contributed by atoms with Crippen molar-refractivity contribution in [1.82, 2.24) is 0 Å². The monoisotopic (exact) mass is 289 g/mol. The van der Waals surface area contributed by atoms with Gasteiger partial charge in [0.05, 0.1) is 6.61 Å². The largest absolute Gasteiger partial charge is 0.494 e. The zero-order valence-electron chi connectivity index (χ0n) is 11.5. The van der Waals surface area contributed by atoms with Crippen LogP contribution in [0.2, 0.25) is 5.02 Å². The quantitative estimate of drug-likeness (QED) is 0.774. The number of para-hydroxylation sites is 1. The van der Waals surface area contributed by atoms with Crippen LogP contribution in [-0.2, 0) is 0 Å². The van der Waals surface area contributed by atoms with Gasteiger partial charge in [0, 0.05) is 5.02 Å². The number of nitrogens with two attached hydrogens (primary N) is 1. The Bertz CT molecular complexity index is 498. The van der Waals surface area contributed by atoms with E-state index in [1.165, 1.54) is 5.56 Å². The zero-order chi connectivity index (χ0) is 14.2. The van der Waals surface area contributed by atoms with Gasteiger partial charge in [0.2, 0.25) is 0 Å². The standard InChI is InChI=1S/C17H20ClNO/c18-16-10-8-14(9-11-16)15(13-19)5-4-12-20-17-6-2-1-3-7-17/h1-3,6-11,15H,4-5,12-13,19H2. The van der Waals surface area contributed by atoms with Crippen molar-refractivity contribution in [2.75, 3.05) is 13.2 Å². The second-order valence-electron chi connectivity index (χ2n) is 4.79. The van der Waals surface area contributed by atoms with Crippen molar-refractivity contribution in [3.05, 3.63) is 65.2 Å². The van der Waals surface area contributed by atoms with E-state index in [-0.39, 0.29) is 0 Å². The number of ether oxygens (including phenoxy) is 1. The lowest BCUT2D eigenvalue weighted by Gasteiger charge is -2.15. The van der Waals surface area contributed by atoms with E-state index >= 15 is 0 Å². The SMILES string of the molecule is NCC(CCCOc1ccccc1)c1ccc(Cl)cc1. The molecule has 2 aromatic rings. The van der Waals surface area contributed by atoms with Crippen molar-refractivity contribution in [3.63, 3.8) is 0 Å². The molecule has 1 unspecified atom stereocenters. The minimum Gasteiger partial charge on any atom is -0.494 e. The number of benzene rings is 2. The molecule has 0 aromatic heterocycles. The van der Waals surface area contributed by atoms with Crippen LogP contribution < -0.4 is 10.5 Å². The van der Waals surface area contributed by atoms with Gasteiger partial charge in [0.25, 0.3) is 0 Å². The first-order valence-electron chi connectivity index (χ1n) is 6.93. The average Bonchev–Trinajstić information content (AvgIpc) is 2.50. The van der Waals surface area contributed by atoms with Crippen molar-refractivity contribution in [2.24, 2.45) is 5.73 Å². The van der Waals surface area contributed by atoms with Gasteiger partial charge in [-0.3, -0.25) is 0 Å². The summed E-state index contributed by atoms with van der Waals surface area (Å²) in [7, 11) is 0. The molecule has 0 aliphatic rings. The molecule has 0 saturated heterocycles. The van der Waals surface area contributed by atoms with Crippen molar-refractivity contribution in [3.8, 4) is 5.75 Å². The summed E-state index contributed by atoms with van der Waals surface area (Å²) in [5.74, 6) is 1.29. The number of halogens is 1. The maximum absolute atomic E-state index is 5.90. The van der Waals surface area contributed by atoms with Crippen LogP contribution in [0.4, 0.5) is 0 Å². The van der Waals surface area contributed by atoms with Crippen LogP contribution >= 0.6 is 11.6 Å². The number of rotatable bonds is 7. The van der Waals surface area contributed by atoms with Crippen molar-refractivity contribution >= 4 is 11.6 Å². The minimum absolute atomic E-state index is 0.367. The lowest BCUT2D eigenvalue weighted by molar-refractivity contribution is 0.302. The molecule has 2 N–H and O–H groups in total. The first kappa shape index (κ1) is 14.9. The van der Waals surface area contributed by atoms with E-state index in [1.54, 1.807) is 0 Å². The lowest BCUT2D eigenvalue weighted by Crippen LogP contribution is -2.13. The third-order valence-corrected chi connectivity index (χ3v) is 3.59. The molecule has 0 bridgehead atoms. The molecule has 2 nitrogen and oxygen atoms in total. The summed E-state index contributed by atoms with van der Waals surface area (Å²) in [5.41, 5.74) is 7.11. The Labute approximate surface area is 125 Å². The summed E-state index contributed by atoms with van der Waals surface area (Å²) in [6.07, 6.45) is 2.00. The maximum Gasteiger partial charge on any atom is 0.119 e. The van der Waals surface area contributed by atoms with Crippen LogP contribution in [0, 0.1) is 0 Å². The van der Waals surface area contributed by atoms with Crippen LogP contribution in [-0.4, -0.2) is 13.2 Å². The Morgan fingerprint density at radius 3 is 2.35 bits per heavy atom. The van der Waals surface area contributed by atoms with Crippen molar-refractivity contribution in [1.29, 1.82) is 0 Å². The Morgan fingerprint density at radius 1 is 1.00 bits per heavy atom. The van der Waals surface area contributed by atoms with Gasteiger partial charge in [-0.2, -0.15) is 0 Å². The van der Waals surface area contributed by atoms with E-state index in [4.69, 9.17) is 22.1 Å². The third-order valence-electron chi connectivity index (χ3n) is 3.33. The van der Waals surface area contributed by atoms with Gasteiger partial charge < -0.3 is 10.5 Å². The van der Waals surface area contributed by atoms with E-state index in [2.05, 4.69) is 12.1 Å². The first-order valence-corrected chi connectivity index (χ1v) is 7.31. The fourth-order valence-corrected chi connectivity index (χ4v) is 2.32. The predicted molar refractivity (Wildman–Crippen MR) is 84.4 cm³/mol. The van der Waals surface area contributed by atoms with E-state index in [0.29, 0.717) is 19.1 Å². The number of hydrogen-bond donors (Lipinski definition) is 1. The third kappa shape index (κ3) is 4.55. The van der Waals surface area contributed by atoms with Gasteiger partial charge in [0.1, 0.15) is 5.75 Å². The summed E-state index contributed by atoms with van der Waals surface area (Å²) >= 11 is 5.90. The molecule has 2 aromatic carbocycles. The zero-order valence-corrected chi connectivity index (χ0v) is 12.2. The summed E-state index contributed by atoms with van der Waals surface area (Å²) in [6, 6.07) is 17.8. The normalized spacial score (nSPS) is 12.1. The second-order valence-corrected chi connectivity index (χ2v) is 5.22. The van der Waals surface area contributed by atoms with Gasteiger partial charge in [0.15, 0.2) is 0 Å². The Balaban J connectivity index is 1.78. The molecule has 0 radical (unpaired) electrons. The molecular weight excluding hydrogens is 270 g/mol. The minimum atomic E-state index is 0.367. The van der Waals surface area contributed by atoms with Gasteiger partial charge in [-0.15, -0.1) is 0 Å². The first-order chi connectivity index (χ1) is 9.79. The van der Waals surface area contributed by atoms with Gasteiger partial charge in [-0.25, -0.2) is 0 Å². The Hall–Kier alpha value is -1.51. The van der Waals surface area contributed by atoms with Crippen LogP contribution in [0.5, 0.6) is 5.75 Å². The fraction of sp³-hybridized carbons (Fsp3) is 0.294. The van der Waals surface area contributed by atoms with Crippen LogP contribution in [0.3, 0.4) is 0 Å². The molecule has 0 aliphatic heterocycles. The lowest BCUT2D eigenvalue weighted by atomic mass is 9.94. The van der Waals surface area contributed by atoms with E-state index < -0.39 is 0 Å². The predicted octanol–water partition coefficient (Wildman–Crippen LogP) is 4.24. The Kier molecular flexibility index (Phi) is 5.90. The maximum atomic E-state index is 5.90. The molecule has 20 heavy (non-hydrogen) atoms. The molecule has 106 valence electrons.